The van der Waals surface area contributed by atoms with E-state index in [4.69, 9.17) is 25.8 Å². The van der Waals surface area contributed by atoms with Crippen molar-refractivity contribution in [2.75, 3.05) is 20.3 Å². The van der Waals surface area contributed by atoms with Gasteiger partial charge in [-0.25, -0.2) is 5.43 Å². The first-order chi connectivity index (χ1) is 15.5. The van der Waals surface area contributed by atoms with Crippen LogP contribution < -0.4 is 19.6 Å². The summed E-state index contributed by atoms with van der Waals surface area (Å²) in [5, 5.41) is 4.33. The van der Waals surface area contributed by atoms with Crippen molar-refractivity contribution in [1.29, 1.82) is 0 Å². The van der Waals surface area contributed by atoms with Gasteiger partial charge in [-0.05, 0) is 54.8 Å². The summed E-state index contributed by atoms with van der Waals surface area (Å²) in [6.07, 6.45) is 4.55. The highest BCUT2D eigenvalue weighted by Gasteiger charge is 2.12. The maximum absolute atomic E-state index is 12.0. The molecule has 3 aromatic rings. The lowest BCUT2D eigenvalue weighted by Gasteiger charge is -2.15. The summed E-state index contributed by atoms with van der Waals surface area (Å²) in [6, 6.07) is 12.6. The lowest BCUT2D eigenvalue weighted by Crippen LogP contribution is -2.17. The van der Waals surface area contributed by atoms with Gasteiger partial charge in [-0.15, -0.1) is 0 Å². The van der Waals surface area contributed by atoms with E-state index in [1.807, 2.05) is 32.0 Å². The molecule has 0 saturated heterocycles. The van der Waals surface area contributed by atoms with Crippen molar-refractivity contribution >= 4 is 23.7 Å². The third kappa shape index (κ3) is 5.98. The Morgan fingerprint density at radius 1 is 1.06 bits per heavy atom. The minimum Gasteiger partial charge on any atom is -0.493 e. The van der Waals surface area contributed by atoms with Crippen LogP contribution in [0.4, 0.5) is 0 Å². The number of carbonyl (C=O) groups excluding carboxylic acids is 1. The highest BCUT2D eigenvalue weighted by Crippen LogP contribution is 2.36. The maximum atomic E-state index is 12.0. The number of hydrogen-bond donors (Lipinski definition) is 1. The smallest absolute Gasteiger partial charge is 0.271 e. The molecule has 7 nitrogen and oxygen atoms in total. The van der Waals surface area contributed by atoms with Crippen molar-refractivity contribution < 1.29 is 19.0 Å². The van der Waals surface area contributed by atoms with Gasteiger partial charge in [-0.1, -0.05) is 29.8 Å². The fraction of sp³-hybridized carbons (Fsp3) is 0.208. The Labute approximate surface area is 192 Å². The zero-order chi connectivity index (χ0) is 22.9. The van der Waals surface area contributed by atoms with Gasteiger partial charge in [0, 0.05) is 18.0 Å². The van der Waals surface area contributed by atoms with Gasteiger partial charge in [0.25, 0.3) is 5.91 Å². The molecule has 0 bridgehead atoms. The summed E-state index contributed by atoms with van der Waals surface area (Å²) in [4.78, 5) is 15.9. The van der Waals surface area contributed by atoms with Crippen molar-refractivity contribution in [2.24, 2.45) is 5.10 Å². The number of aromatic nitrogens is 1. The molecular formula is C24H24ClN3O4. The van der Waals surface area contributed by atoms with Crippen LogP contribution in [0.25, 0.3) is 0 Å². The highest BCUT2D eigenvalue weighted by molar-refractivity contribution is 6.32. The van der Waals surface area contributed by atoms with E-state index in [1.165, 1.54) is 25.7 Å². The number of amides is 1. The standard InChI is InChI=1S/C24H24ClN3O4/c1-16-5-4-6-17(2)22(16)31-11-12-32-23-20(25)13-18(14-21(23)30-3)15-27-28-24(29)19-7-9-26-10-8-19/h4-10,13-15H,11-12H2,1-3H3,(H,28,29)/b27-15-. The molecule has 0 aliphatic heterocycles. The molecule has 0 aliphatic rings. The van der Waals surface area contributed by atoms with Crippen LogP contribution in [0.15, 0.2) is 60.0 Å². The topological polar surface area (TPSA) is 82.0 Å². The second-order valence-electron chi connectivity index (χ2n) is 6.89. The molecule has 8 heteroatoms. The molecule has 1 N–H and O–H groups in total. The number of para-hydroxylation sites is 1. The number of pyridine rings is 1. The Morgan fingerprint density at radius 3 is 2.38 bits per heavy atom. The normalized spacial score (nSPS) is 10.8. The van der Waals surface area contributed by atoms with Gasteiger partial charge < -0.3 is 14.2 Å². The summed E-state index contributed by atoms with van der Waals surface area (Å²) in [5.41, 5.74) is 5.69. The number of carbonyl (C=O) groups is 1. The fourth-order valence-electron chi connectivity index (χ4n) is 3.00. The van der Waals surface area contributed by atoms with Crippen LogP contribution in [0.1, 0.15) is 27.0 Å². The van der Waals surface area contributed by atoms with E-state index >= 15 is 0 Å². The Bertz CT molecular complexity index is 1080. The van der Waals surface area contributed by atoms with E-state index in [1.54, 1.807) is 24.3 Å². The number of hydrogen-bond acceptors (Lipinski definition) is 6. The van der Waals surface area contributed by atoms with Crippen LogP contribution in [-0.4, -0.2) is 37.4 Å². The average Bonchev–Trinajstić information content (AvgIpc) is 2.79. The van der Waals surface area contributed by atoms with Gasteiger partial charge in [0.2, 0.25) is 0 Å². The Balaban J connectivity index is 1.60. The fourth-order valence-corrected chi connectivity index (χ4v) is 3.28. The summed E-state index contributed by atoms with van der Waals surface area (Å²) in [6.45, 7) is 4.65. The van der Waals surface area contributed by atoms with Gasteiger partial charge in [-0.3, -0.25) is 9.78 Å². The quantitative estimate of drug-likeness (QED) is 0.291. The van der Waals surface area contributed by atoms with Crippen molar-refractivity contribution in [2.45, 2.75) is 13.8 Å². The van der Waals surface area contributed by atoms with Crippen LogP contribution in [0.2, 0.25) is 5.02 Å². The molecule has 0 spiro atoms. The number of benzene rings is 2. The predicted octanol–water partition coefficient (Wildman–Crippen LogP) is 4.58. The van der Waals surface area contributed by atoms with Crippen LogP contribution in [0.3, 0.4) is 0 Å². The van der Waals surface area contributed by atoms with Crippen LogP contribution in [0.5, 0.6) is 17.2 Å². The van der Waals surface area contributed by atoms with E-state index < -0.39 is 0 Å². The van der Waals surface area contributed by atoms with Crippen molar-refractivity contribution in [1.82, 2.24) is 10.4 Å². The van der Waals surface area contributed by atoms with Crippen LogP contribution in [0, 0.1) is 13.8 Å². The zero-order valence-corrected chi connectivity index (χ0v) is 18.8. The van der Waals surface area contributed by atoms with E-state index in [-0.39, 0.29) is 5.91 Å². The second kappa shape index (κ2) is 11.2. The molecule has 1 aromatic heterocycles. The van der Waals surface area contributed by atoms with Gasteiger partial charge in [0.1, 0.15) is 19.0 Å². The van der Waals surface area contributed by atoms with E-state index in [9.17, 15) is 4.79 Å². The zero-order valence-electron chi connectivity index (χ0n) is 18.1. The number of rotatable bonds is 9. The monoisotopic (exact) mass is 453 g/mol. The highest BCUT2D eigenvalue weighted by atomic mass is 35.5. The summed E-state index contributed by atoms with van der Waals surface area (Å²) < 4.78 is 17.1. The molecule has 0 unspecified atom stereocenters. The number of nitrogens with one attached hydrogen (secondary N) is 1. The summed E-state index contributed by atoms with van der Waals surface area (Å²) in [7, 11) is 1.53. The molecular weight excluding hydrogens is 430 g/mol. The van der Waals surface area contributed by atoms with E-state index in [0.717, 1.165) is 16.9 Å². The summed E-state index contributed by atoms with van der Waals surface area (Å²) >= 11 is 6.40. The third-order valence-corrected chi connectivity index (χ3v) is 4.84. The molecule has 32 heavy (non-hydrogen) atoms. The molecule has 1 amide bonds. The van der Waals surface area contributed by atoms with Crippen molar-refractivity contribution in [3.05, 3.63) is 82.1 Å². The number of nitrogens with zero attached hydrogens (tertiary/aromatic N) is 2. The van der Waals surface area contributed by atoms with Crippen molar-refractivity contribution in [3.8, 4) is 17.2 Å². The molecule has 0 aliphatic carbocycles. The van der Waals surface area contributed by atoms with Gasteiger partial charge in [0.05, 0.1) is 18.3 Å². The van der Waals surface area contributed by atoms with E-state index in [2.05, 4.69) is 15.5 Å². The third-order valence-electron chi connectivity index (χ3n) is 4.56. The molecule has 3 rings (SSSR count). The largest absolute Gasteiger partial charge is 0.493 e. The first-order valence-corrected chi connectivity index (χ1v) is 10.3. The minimum absolute atomic E-state index is 0.291. The number of hydrazone groups is 1. The summed E-state index contributed by atoms with van der Waals surface area (Å²) in [5.74, 6) is 1.38. The number of ether oxygens (including phenoxy) is 3. The average molecular weight is 454 g/mol. The van der Waals surface area contributed by atoms with Crippen LogP contribution in [-0.2, 0) is 0 Å². The Morgan fingerprint density at radius 2 is 1.72 bits per heavy atom. The first kappa shape index (κ1) is 23.1. The SMILES string of the molecule is COc1cc(/C=N\NC(=O)c2ccncc2)cc(Cl)c1OCCOc1c(C)cccc1C. The molecule has 0 atom stereocenters. The predicted molar refractivity (Wildman–Crippen MR) is 124 cm³/mol. The molecule has 1 heterocycles. The van der Waals surface area contributed by atoms with Gasteiger partial charge in [0.15, 0.2) is 11.5 Å². The first-order valence-electron chi connectivity index (χ1n) is 9.92. The Kier molecular flexibility index (Phi) is 8.05. The lowest BCUT2D eigenvalue weighted by atomic mass is 10.1. The van der Waals surface area contributed by atoms with Crippen molar-refractivity contribution in [3.63, 3.8) is 0 Å². The van der Waals surface area contributed by atoms with Gasteiger partial charge in [-0.2, -0.15) is 5.10 Å². The second-order valence-corrected chi connectivity index (χ2v) is 7.29. The molecule has 0 saturated carbocycles. The molecule has 0 fully saturated rings. The van der Waals surface area contributed by atoms with E-state index in [0.29, 0.717) is 40.9 Å². The number of aryl methyl sites for hydroxylation is 2. The lowest BCUT2D eigenvalue weighted by molar-refractivity contribution is 0.0955. The number of methoxy groups -OCH3 is 1. The minimum atomic E-state index is -0.342. The number of halogens is 1. The maximum Gasteiger partial charge on any atom is 0.271 e. The molecule has 166 valence electrons. The van der Waals surface area contributed by atoms with Crippen LogP contribution >= 0.6 is 11.6 Å². The molecule has 0 radical (unpaired) electrons. The Hall–Kier alpha value is -3.58. The molecule has 2 aromatic carbocycles. The van der Waals surface area contributed by atoms with Gasteiger partial charge >= 0.3 is 0 Å².